The number of hydroxylamine groups is 2. The van der Waals surface area contributed by atoms with E-state index in [1.807, 2.05) is 9.96 Å². The largest absolute Gasteiger partial charge is 0.384 e. The Kier molecular flexibility index (Phi) is 6.77. The molecule has 2 aliphatic rings. The van der Waals surface area contributed by atoms with Gasteiger partial charge in [0.2, 0.25) is 11.8 Å². The molecule has 2 aliphatic heterocycles. The van der Waals surface area contributed by atoms with Gasteiger partial charge in [-0.3, -0.25) is 9.63 Å². The molecular weight excluding hydrogens is 324 g/mol. The summed E-state index contributed by atoms with van der Waals surface area (Å²) in [6.45, 7) is 3.61. The van der Waals surface area contributed by atoms with Crippen LogP contribution in [0.15, 0.2) is 4.52 Å². The molecule has 8 nitrogen and oxygen atoms in total. The SMILES string of the molecule is COCCc1noc(C2CCCCN2C(=O)CCN2CCCCO2)n1. The monoisotopic (exact) mass is 352 g/mol. The lowest BCUT2D eigenvalue weighted by molar-refractivity contribution is -0.183. The summed E-state index contributed by atoms with van der Waals surface area (Å²) >= 11 is 0. The number of ether oxygens (including phenoxy) is 1. The molecule has 2 fully saturated rings. The van der Waals surface area contributed by atoms with Crippen molar-refractivity contribution < 1.29 is 18.9 Å². The smallest absolute Gasteiger partial charge is 0.249 e. The number of carbonyl (C=O) groups is 1. The van der Waals surface area contributed by atoms with Crippen molar-refractivity contribution in [2.75, 3.05) is 40.0 Å². The van der Waals surface area contributed by atoms with Crippen molar-refractivity contribution in [3.8, 4) is 0 Å². The predicted octanol–water partition coefficient (Wildman–Crippen LogP) is 1.73. The minimum absolute atomic E-state index is 0.104. The summed E-state index contributed by atoms with van der Waals surface area (Å²) in [7, 11) is 1.65. The van der Waals surface area contributed by atoms with Gasteiger partial charge < -0.3 is 14.2 Å². The third-order valence-electron chi connectivity index (χ3n) is 4.77. The average Bonchev–Trinajstić information content (AvgIpc) is 3.14. The van der Waals surface area contributed by atoms with Crippen LogP contribution in [0.1, 0.15) is 56.3 Å². The zero-order valence-corrected chi connectivity index (χ0v) is 15.0. The highest BCUT2D eigenvalue weighted by Crippen LogP contribution is 2.30. The van der Waals surface area contributed by atoms with Crippen LogP contribution >= 0.6 is 0 Å². The molecule has 25 heavy (non-hydrogen) atoms. The van der Waals surface area contributed by atoms with Gasteiger partial charge in [-0.05, 0) is 32.1 Å². The Morgan fingerprint density at radius 3 is 2.96 bits per heavy atom. The van der Waals surface area contributed by atoms with Crippen LogP contribution in [0, 0.1) is 0 Å². The topological polar surface area (TPSA) is 80.9 Å². The second kappa shape index (κ2) is 9.26. The Morgan fingerprint density at radius 1 is 1.28 bits per heavy atom. The average molecular weight is 352 g/mol. The van der Waals surface area contributed by atoms with E-state index in [2.05, 4.69) is 10.1 Å². The van der Waals surface area contributed by atoms with Crippen LogP contribution in [-0.2, 0) is 20.8 Å². The van der Waals surface area contributed by atoms with Crippen LogP contribution in [0.25, 0.3) is 0 Å². The molecule has 1 aromatic rings. The fourth-order valence-electron chi connectivity index (χ4n) is 3.37. The van der Waals surface area contributed by atoms with E-state index in [0.717, 1.165) is 51.8 Å². The number of piperidine rings is 1. The number of hydrogen-bond acceptors (Lipinski definition) is 7. The van der Waals surface area contributed by atoms with E-state index in [1.54, 1.807) is 7.11 Å². The molecule has 0 N–H and O–H groups in total. The van der Waals surface area contributed by atoms with Gasteiger partial charge in [0.1, 0.15) is 6.04 Å². The fourth-order valence-corrected chi connectivity index (χ4v) is 3.37. The van der Waals surface area contributed by atoms with E-state index in [1.165, 1.54) is 0 Å². The van der Waals surface area contributed by atoms with Gasteiger partial charge in [-0.25, -0.2) is 0 Å². The number of likely N-dealkylation sites (tertiary alicyclic amines) is 1. The summed E-state index contributed by atoms with van der Waals surface area (Å²) in [5, 5.41) is 5.92. The van der Waals surface area contributed by atoms with Gasteiger partial charge in [0.05, 0.1) is 13.2 Å². The Hall–Kier alpha value is -1.51. The molecule has 0 radical (unpaired) electrons. The van der Waals surface area contributed by atoms with E-state index in [-0.39, 0.29) is 11.9 Å². The minimum atomic E-state index is -0.104. The molecule has 1 amide bonds. The lowest BCUT2D eigenvalue weighted by Crippen LogP contribution is -2.41. The van der Waals surface area contributed by atoms with Gasteiger partial charge >= 0.3 is 0 Å². The number of hydrogen-bond donors (Lipinski definition) is 0. The maximum atomic E-state index is 12.7. The Morgan fingerprint density at radius 2 is 2.16 bits per heavy atom. The first-order chi connectivity index (χ1) is 12.3. The summed E-state index contributed by atoms with van der Waals surface area (Å²) < 4.78 is 10.5. The van der Waals surface area contributed by atoms with Gasteiger partial charge in [-0.15, -0.1) is 0 Å². The van der Waals surface area contributed by atoms with Gasteiger partial charge in [0.15, 0.2) is 5.82 Å². The third kappa shape index (κ3) is 4.99. The summed E-state index contributed by atoms with van der Waals surface area (Å²) in [6, 6.07) is -0.104. The van der Waals surface area contributed by atoms with Gasteiger partial charge in [0.25, 0.3) is 0 Å². The second-order valence-corrected chi connectivity index (χ2v) is 6.61. The molecule has 2 saturated heterocycles. The highest BCUT2D eigenvalue weighted by molar-refractivity contribution is 5.76. The van der Waals surface area contributed by atoms with Crippen LogP contribution in [-0.4, -0.2) is 66.0 Å². The number of rotatable bonds is 7. The summed E-state index contributed by atoms with van der Waals surface area (Å²) in [5.74, 6) is 1.32. The van der Waals surface area contributed by atoms with Gasteiger partial charge in [0, 0.05) is 39.6 Å². The highest BCUT2D eigenvalue weighted by atomic mass is 16.7. The van der Waals surface area contributed by atoms with E-state index in [9.17, 15) is 4.79 Å². The third-order valence-corrected chi connectivity index (χ3v) is 4.77. The van der Waals surface area contributed by atoms with Crippen LogP contribution in [0.4, 0.5) is 0 Å². The Labute approximate surface area is 148 Å². The van der Waals surface area contributed by atoms with Crippen LogP contribution < -0.4 is 0 Å². The lowest BCUT2D eigenvalue weighted by atomic mass is 10.0. The molecular formula is C17H28N4O4. The number of aromatic nitrogens is 2. The van der Waals surface area contributed by atoms with Crippen molar-refractivity contribution >= 4 is 5.91 Å². The molecule has 0 saturated carbocycles. The molecule has 3 heterocycles. The first kappa shape index (κ1) is 18.3. The van der Waals surface area contributed by atoms with Crippen molar-refractivity contribution in [1.29, 1.82) is 0 Å². The Bertz CT molecular complexity index is 545. The quantitative estimate of drug-likeness (QED) is 0.739. The minimum Gasteiger partial charge on any atom is -0.384 e. The summed E-state index contributed by atoms with van der Waals surface area (Å²) in [4.78, 5) is 24.7. The van der Waals surface area contributed by atoms with Gasteiger partial charge in [-0.2, -0.15) is 10.0 Å². The van der Waals surface area contributed by atoms with Crippen molar-refractivity contribution in [3.05, 3.63) is 11.7 Å². The number of nitrogens with zero attached hydrogens (tertiary/aromatic N) is 4. The molecule has 140 valence electrons. The number of methoxy groups -OCH3 is 1. The first-order valence-corrected chi connectivity index (χ1v) is 9.26. The second-order valence-electron chi connectivity index (χ2n) is 6.61. The normalized spacial score (nSPS) is 22.3. The summed E-state index contributed by atoms with van der Waals surface area (Å²) in [5.41, 5.74) is 0. The maximum absolute atomic E-state index is 12.7. The molecule has 0 spiro atoms. The van der Waals surface area contributed by atoms with E-state index in [0.29, 0.717) is 37.7 Å². The summed E-state index contributed by atoms with van der Waals surface area (Å²) in [6.07, 6.45) is 6.27. The highest BCUT2D eigenvalue weighted by Gasteiger charge is 2.32. The van der Waals surface area contributed by atoms with Crippen LogP contribution in [0.2, 0.25) is 0 Å². The zero-order valence-electron chi connectivity index (χ0n) is 15.0. The van der Waals surface area contributed by atoms with Crippen LogP contribution in [0.3, 0.4) is 0 Å². The molecule has 3 rings (SSSR count). The fraction of sp³-hybridized carbons (Fsp3) is 0.824. The number of amides is 1. The number of carbonyl (C=O) groups excluding carboxylic acids is 1. The first-order valence-electron chi connectivity index (χ1n) is 9.26. The van der Waals surface area contributed by atoms with Crippen molar-refractivity contribution in [2.45, 2.75) is 51.0 Å². The zero-order chi connectivity index (χ0) is 17.5. The maximum Gasteiger partial charge on any atom is 0.249 e. The Balaban J connectivity index is 1.57. The molecule has 1 aromatic heterocycles. The molecule has 1 unspecified atom stereocenters. The molecule has 0 aromatic carbocycles. The standard InChI is InChI=1S/C17H28N4O4/c1-23-13-8-15-18-17(25-19-15)14-6-2-3-10-21(14)16(22)7-11-20-9-4-5-12-24-20/h14H,2-13H2,1H3. The van der Waals surface area contributed by atoms with E-state index >= 15 is 0 Å². The van der Waals surface area contributed by atoms with Crippen molar-refractivity contribution in [1.82, 2.24) is 20.1 Å². The molecule has 0 aliphatic carbocycles. The molecule has 0 bridgehead atoms. The van der Waals surface area contributed by atoms with Crippen LogP contribution in [0.5, 0.6) is 0 Å². The predicted molar refractivity (Wildman–Crippen MR) is 89.6 cm³/mol. The van der Waals surface area contributed by atoms with Crippen molar-refractivity contribution in [2.24, 2.45) is 0 Å². The van der Waals surface area contributed by atoms with Gasteiger partial charge in [-0.1, -0.05) is 5.16 Å². The lowest BCUT2D eigenvalue weighted by Gasteiger charge is -2.34. The van der Waals surface area contributed by atoms with E-state index < -0.39 is 0 Å². The van der Waals surface area contributed by atoms with E-state index in [4.69, 9.17) is 14.1 Å². The molecule has 8 heteroatoms. The van der Waals surface area contributed by atoms with Crippen molar-refractivity contribution in [3.63, 3.8) is 0 Å². The molecule has 1 atom stereocenters.